The minimum atomic E-state index is 0.370. The zero-order chi connectivity index (χ0) is 13.9. The monoisotopic (exact) mass is 293 g/mol. The third-order valence-corrected chi connectivity index (χ3v) is 4.22. The normalized spacial score (nSPS) is 19.6. The fraction of sp³-hybridized carbons (Fsp3) is 0.600. The number of aryl methyl sites for hydroxylation is 2. The number of hydrogen-bond donors (Lipinski definition) is 0. The lowest BCUT2D eigenvalue weighted by atomic mass is 10.1. The highest BCUT2D eigenvalue weighted by atomic mass is 35.5. The van der Waals surface area contributed by atoms with E-state index in [4.69, 9.17) is 16.3 Å². The van der Waals surface area contributed by atoms with Crippen LogP contribution in [0.1, 0.15) is 37.1 Å². The van der Waals surface area contributed by atoms with Crippen molar-refractivity contribution < 1.29 is 4.74 Å². The lowest BCUT2D eigenvalue weighted by Gasteiger charge is -2.22. The molecule has 0 bridgehead atoms. The van der Waals surface area contributed by atoms with Gasteiger partial charge in [-0.2, -0.15) is 0 Å². The first kappa shape index (κ1) is 13.8. The summed E-state index contributed by atoms with van der Waals surface area (Å²) in [5.41, 5.74) is 3.05. The molecule has 4 nitrogen and oxygen atoms in total. The summed E-state index contributed by atoms with van der Waals surface area (Å²) < 4.78 is 7.94. The molecule has 3 rings (SSSR count). The Labute approximate surface area is 124 Å². The molecule has 1 fully saturated rings. The summed E-state index contributed by atoms with van der Waals surface area (Å²) in [6, 6.07) is 1.99. The first-order valence-electron chi connectivity index (χ1n) is 7.28. The van der Waals surface area contributed by atoms with Gasteiger partial charge in [0, 0.05) is 19.3 Å². The minimum Gasteiger partial charge on any atom is -0.378 e. The van der Waals surface area contributed by atoms with Gasteiger partial charge in [0.2, 0.25) is 0 Å². The minimum absolute atomic E-state index is 0.370. The van der Waals surface area contributed by atoms with E-state index >= 15 is 0 Å². The molecule has 1 aliphatic heterocycles. The molecule has 5 heteroatoms. The smallest absolute Gasteiger partial charge is 0.160 e. The summed E-state index contributed by atoms with van der Waals surface area (Å²) in [6.45, 7) is 3.83. The number of ether oxygens (including phenoxy) is 1. The number of hydrogen-bond acceptors (Lipinski definition) is 3. The van der Waals surface area contributed by atoms with Crippen molar-refractivity contribution in [2.75, 3.05) is 6.61 Å². The molecule has 0 aromatic carbocycles. The van der Waals surface area contributed by atoms with E-state index in [1.54, 1.807) is 0 Å². The van der Waals surface area contributed by atoms with Gasteiger partial charge in [-0.1, -0.05) is 0 Å². The predicted octanol–water partition coefficient (Wildman–Crippen LogP) is 3.44. The number of pyridine rings is 1. The molecule has 1 unspecified atom stereocenters. The number of alkyl halides is 1. The van der Waals surface area contributed by atoms with Crippen LogP contribution in [0.3, 0.4) is 0 Å². The summed E-state index contributed by atoms with van der Waals surface area (Å²) in [6.07, 6.45) is 6.84. The number of imidazole rings is 1. The number of rotatable bonds is 4. The van der Waals surface area contributed by atoms with Crippen LogP contribution in [0.4, 0.5) is 0 Å². The quantitative estimate of drug-likeness (QED) is 0.811. The predicted molar refractivity (Wildman–Crippen MR) is 80.0 cm³/mol. The molecule has 0 N–H and O–H groups in total. The molecule has 108 valence electrons. The Morgan fingerprint density at radius 1 is 1.45 bits per heavy atom. The van der Waals surface area contributed by atoms with Gasteiger partial charge in [0.05, 0.1) is 12.0 Å². The van der Waals surface area contributed by atoms with Gasteiger partial charge >= 0.3 is 0 Å². The molecule has 0 amide bonds. The zero-order valence-electron chi connectivity index (χ0n) is 11.8. The number of halogens is 1. The van der Waals surface area contributed by atoms with Gasteiger partial charge in [-0.25, -0.2) is 9.97 Å². The Morgan fingerprint density at radius 3 is 3.10 bits per heavy atom. The van der Waals surface area contributed by atoms with E-state index in [2.05, 4.69) is 21.5 Å². The van der Waals surface area contributed by atoms with Crippen molar-refractivity contribution >= 4 is 22.8 Å². The van der Waals surface area contributed by atoms with Gasteiger partial charge in [-0.05, 0) is 44.2 Å². The van der Waals surface area contributed by atoms with Crippen LogP contribution in [0.5, 0.6) is 0 Å². The highest BCUT2D eigenvalue weighted by Gasteiger charge is 2.17. The van der Waals surface area contributed by atoms with E-state index in [0.717, 1.165) is 48.5 Å². The summed E-state index contributed by atoms with van der Waals surface area (Å²) in [5, 5.41) is 0. The maximum absolute atomic E-state index is 6.04. The van der Waals surface area contributed by atoms with Crippen LogP contribution < -0.4 is 0 Å². The molecule has 0 aliphatic carbocycles. The maximum Gasteiger partial charge on any atom is 0.160 e. The summed E-state index contributed by atoms with van der Waals surface area (Å²) in [7, 11) is 0. The molecule has 0 spiro atoms. The van der Waals surface area contributed by atoms with E-state index in [1.165, 1.54) is 12.8 Å². The van der Waals surface area contributed by atoms with Crippen LogP contribution in [0.25, 0.3) is 11.2 Å². The first-order valence-corrected chi connectivity index (χ1v) is 7.81. The van der Waals surface area contributed by atoms with E-state index in [-0.39, 0.29) is 0 Å². The zero-order valence-corrected chi connectivity index (χ0v) is 12.6. The fourth-order valence-corrected chi connectivity index (χ4v) is 3.03. The van der Waals surface area contributed by atoms with Crippen LogP contribution >= 0.6 is 11.6 Å². The van der Waals surface area contributed by atoms with Crippen LogP contribution in [0.2, 0.25) is 0 Å². The second-order valence-electron chi connectivity index (χ2n) is 5.39. The molecule has 1 aliphatic rings. The highest BCUT2D eigenvalue weighted by Crippen LogP contribution is 2.21. The average molecular weight is 294 g/mol. The van der Waals surface area contributed by atoms with E-state index in [1.807, 2.05) is 12.3 Å². The molecule has 1 saturated heterocycles. The van der Waals surface area contributed by atoms with Crippen molar-refractivity contribution in [2.45, 2.75) is 51.1 Å². The standard InChI is InChI=1S/C15H20ClN3O/c1-11-5-7-17-15-14(11)18-13(10-16)19(15)8-6-12-4-2-3-9-20-12/h5,7,12H,2-4,6,8-10H2,1H3. The third-order valence-electron chi connectivity index (χ3n) is 3.98. The number of aromatic nitrogens is 3. The lowest BCUT2D eigenvalue weighted by Crippen LogP contribution is -2.21. The second kappa shape index (κ2) is 6.10. The Hall–Kier alpha value is -1.13. The third kappa shape index (κ3) is 2.67. The number of nitrogens with zero attached hydrogens (tertiary/aromatic N) is 3. The molecule has 3 heterocycles. The van der Waals surface area contributed by atoms with Gasteiger partial charge < -0.3 is 9.30 Å². The van der Waals surface area contributed by atoms with Crippen LogP contribution in [0.15, 0.2) is 12.3 Å². The van der Waals surface area contributed by atoms with Crippen molar-refractivity contribution in [3.63, 3.8) is 0 Å². The van der Waals surface area contributed by atoms with Gasteiger partial charge in [0.1, 0.15) is 11.3 Å². The highest BCUT2D eigenvalue weighted by molar-refractivity contribution is 6.16. The van der Waals surface area contributed by atoms with E-state index in [0.29, 0.717) is 12.0 Å². The number of fused-ring (bicyclic) bond motifs is 1. The van der Waals surface area contributed by atoms with Crippen molar-refractivity contribution in [3.8, 4) is 0 Å². The largest absolute Gasteiger partial charge is 0.378 e. The summed E-state index contributed by atoms with van der Waals surface area (Å²) >= 11 is 6.04. The van der Waals surface area contributed by atoms with Gasteiger partial charge in [0.25, 0.3) is 0 Å². The van der Waals surface area contributed by atoms with E-state index < -0.39 is 0 Å². The average Bonchev–Trinajstić information content (AvgIpc) is 2.85. The van der Waals surface area contributed by atoms with Gasteiger partial charge in [-0.3, -0.25) is 0 Å². The Bertz CT molecular complexity index is 590. The first-order chi connectivity index (χ1) is 9.79. The summed E-state index contributed by atoms with van der Waals surface area (Å²) in [4.78, 5) is 9.10. The topological polar surface area (TPSA) is 39.9 Å². The molecule has 0 radical (unpaired) electrons. The molecule has 0 saturated carbocycles. The molecular formula is C15H20ClN3O. The van der Waals surface area contributed by atoms with Crippen molar-refractivity contribution in [1.29, 1.82) is 0 Å². The van der Waals surface area contributed by atoms with Crippen molar-refractivity contribution in [1.82, 2.24) is 14.5 Å². The van der Waals surface area contributed by atoms with Crippen LogP contribution in [-0.2, 0) is 17.2 Å². The van der Waals surface area contributed by atoms with Gasteiger partial charge in [-0.15, -0.1) is 11.6 Å². The van der Waals surface area contributed by atoms with Crippen LogP contribution in [-0.4, -0.2) is 27.2 Å². The fourth-order valence-electron chi connectivity index (χ4n) is 2.83. The maximum atomic E-state index is 6.04. The Morgan fingerprint density at radius 2 is 2.35 bits per heavy atom. The van der Waals surface area contributed by atoms with Crippen LogP contribution in [0, 0.1) is 6.92 Å². The van der Waals surface area contributed by atoms with Crippen molar-refractivity contribution in [3.05, 3.63) is 23.7 Å². The molecule has 1 atom stereocenters. The Balaban J connectivity index is 1.84. The van der Waals surface area contributed by atoms with Crippen molar-refractivity contribution in [2.24, 2.45) is 0 Å². The second-order valence-corrected chi connectivity index (χ2v) is 5.66. The SMILES string of the molecule is Cc1ccnc2c1nc(CCl)n2CCC1CCCCO1. The van der Waals surface area contributed by atoms with E-state index in [9.17, 15) is 0 Å². The molecular weight excluding hydrogens is 274 g/mol. The Kier molecular flexibility index (Phi) is 4.22. The lowest BCUT2D eigenvalue weighted by molar-refractivity contribution is 0.00887. The summed E-state index contributed by atoms with van der Waals surface area (Å²) in [5.74, 6) is 1.32. The van der Waals surface area contributed by atoms with Gasteiger partial charge in [0.15, 0.2) is 5.65 Å². The molecule has 2 aromatic heterocycles. The molecule has 20 heavy (non-hydrogen) atoms. The molecule has 2 aromatic rings.